The van der Waals surface area contributed by atoms with Crippen molar-refractivity contribution in [2.75, 3.05) is 11.1 Å². The molecule has 4 rings (SSSR count). The van der Waals surface area contributed by atoms with Gasteiger partial charge in [-0.05, 0) is 48.7 Å². The summed E-state index contributed by atoms with van der Waals surface area (Å²) in [4.78, 5) is 13.7. The summed E-state index contributed by atoms with van der Waals surface area (Å²) in [6, 6.07) is 17.2. The molecule has 4 aromatic rings. The van der Waals surface area contributed by atoms with Crippen LogP contribution >= 0.6 is 46.3 Å². The minimum atomic E-state index is -0.179. The lowest BCUT2D eigenvalue weighted by Crippen LogP contribution is -2.14. The number of anilines is 1. The molecule has 0 fully saturated rings. The van der Waals surface area contributed by atoms with E-state index in [1.807, 2.05) is 47.2 Å². The van der Waals surface area contributed by atoms with Gasteiger partial charge in [0.15, 0.2) is 5.16 Å². The predicted octanol–water partition coefficient (Wildman–Crippen LogP) is 6.27. The van der Waals surface area contributed by atoms with Crippen molar-refractivity contribution in [1.82, 2.24) is 14.8 Å². The Hall–Kier alpha value is -2.32. The van der Waals surface area contributed by atoms with E-state index in [-0.39, 0.29) is 11.7 Å². The first-order valence-electron chi connectivity index (χ1n) is 9.40. The van der Waals surface area contributed by atoms with Gasteiger partial charge in [0.1, 0.15) is 5.82 Å². The van der Waals surface area contributed by atoms with Gasteiger partial charge in [0, 0.05) is 32.7 Å². The molecular weight excluding hydrogens is 471 g/mol. The molecule has 31 heavy (non-hydrogen) atoms. The Morgan fingerprint density at radius 1 is 1.10 bits per heavy atom. The van der Waals surface area contributed by atoms with Crippen molar-refractivity contribution in [3.63, 3.8) is 0 Å². The second-order valence-electron chi connectivity index (χ2n) is 6.82. The molecule has 0 saturated carbocycles. The summed E-state index contributed by atoms with van der Waals surface area (Å²) in [6.45, 7) is 2.05. The fraction of sp³-hybridized carbons (Fsp3) is 0.136. The molecule has 0 aliphatic rings. The van der Waals surface area contributed by atoms with Crippen LogP contribution in [0.2, 0.25) is 10.0 Å². The van der Waals surface area contributed by atoms with Gasteiger partial charge in [-0.25, -0.2) is 0 Å². The SMILES string of the molecule is Cc1ccc(-n2c(Cc3cccs3)nnc2SCC(=O)Nc2cc(Cl)cc(Cl)c2)cc1. The van der Waals surface area contributed by atoms with E-state index < -0.39 is 0 Å². The van der Waals surface area contributed by atoms with Crippen molar-refractivity contribution in [2.24, 2.45) is 0 Å². The minimum absolute atomic E-state index is 0.174. The fourth-order valence-electron chi connectivity index (χ4n) is 2.98. The summed E-state index contributed by atoms with van der Waals surface area (Å²) in [7, 11) is 0. The van der Waals surface area contributed by atoms with Gasteiger partial charge in [-0.2, -0.15) is 0 Å². The van der Waals surface area contributed by atoms with E-state index in [9.17, 15) is 4.79 Å². The molecule has 0 saturated heterocycles. The van der Waals surface area contributed by atoms with Crippen LogP contribution in [0.4, 0.5) is 5.69 Å². The third kappa shape index (κ3) is 5.68. The summed E-state index contributed by atoms with van der Waals surface area (Å²) < 4.78 is 2.01. The molecule has 2 heterocycles. The largest absolute Gasteiger partial charge is 0.325 e. The van der Waals surface area contributed by atoms with Crippen LogP contribution in [0.3, 0.4) is 0 Å². The molecule has 0 unspecified atom stereocenters. The molecule has 9 heteroatoms. The number of benzene rings is 2. The van der Waals surface area contributed by atoms with Crippen molar-refractivity contribution in [2.45, 2.75) is 18.5 Å². The molecule has 0 atom stereocenters. The molecule has 0 aliphatic carbocycles. The highest BCUT2D eigenvalue weighted by atomic mass is 35.5. The molecule has 2 aromatic heterocycles. The minimum Gasteiger partial charge on any atom is -0.325 e. The maximum Gasteiger partial charge on any atom is 0.234 e. The van der Waals surface area contributed by atoms with E-state index in [2.05, 4.69) is 21.6 Å². The first-order chi connectivity index (χ1) is 15.0. The molecule has 0 spiro atoms. The summed E-state index contributed by atoms with van der Waals surface area (Å²) in [5, 5.41) is 15.2. The highest BCUT2D eigenvalue weighted by Crippen LogP contribution is 2.26. The number of hydrogen-bond donors (Lipinski definition) is 1. The zero-order valence-corrected chi connectivity index (χ0v) is 19.7. The first kappa shape index (κ1) is 21.9. The normalized spacial score (nSPS) is 10.9. The third-order valence-corrected chi connectivity index (χ3v) is 6.63. The zero-order valence-electron chi connectivity index (χ0n) is 16.5. The summed E-state index contributed by atoms with van der Waals surface area (Å²) in [6.07, 6.45) is 0.673. The van der Waals surface area contributed by atoms with E-state index in [0.29, 0.717) is 27.3 Å². The lowest BCUT2D eigenvalue weighted by Gasteiger charge is -2.11. The Morgan fingerprint density at radius 3 is 2.52 bits per heavy atom. The maximum absolute atomic E-state index is 12.5. The van der Waals surface area contributed by atoms with E-state index in [1.165, 1.54) is 22.2 Å². The second kappa shape index (κ2) is 9.87. The van der Waals surface area contributed by atoms with E-state index >= 15 is 0 Å². The summed E-state index contributed by atoms with van der Waals surface area (Å²) >= 11 is 15.0. The Kier molecular flexibility index (Phi) is 6.97. The molecule has 158 valence electrons. The lowest BCUT2D eigenvalue weighted by atomic mass is 10.2. The number of rotatable bonds is 7. The number of aryl methyl sites for hydroxylation is 1. The van der Waals surface area contributed by atoms with E-state index in [0.717, 1.165) is 11.5 Å². The highest BCUT2D eigenvalue weighted by Gasteiger charge is 2.17. The van der Waals surface area contributed by atoms with Crippen LogP contribution in [0.1, 0.15) is 16.3 Å². The van der Waals surface area contributed by atoms with Gasteiger partial charge >= 0.3 is 0 Å². The number of amides is 1. The maximum atomic E-state index is 12.5. The number of nitrogens with zero attached hydrogens (tertiary/aromatic N) is 3. The number of carbonyl (C=O) groups is 1. The molecule has 0 aliphatic heterocycles. The average Bonchev–Trinajstić information content (AvgIpc) is 3.37. The Bertz CT molecular complexity index is 1170. The van der Waals surface area contributed by atoms with Gasteiger partial charge in [0.25, 0.3) is 0 Å². The van der Waals surface area contributed by atoms with Crippen LogP contribution in [0.15, 0.2) is 65.1 Å². The van der Waals surface area contributed by atoms with Gasteiger partial charge < -0.3 is 5.32 Å². The topological polar surface area (TPSA) is 59.8 Å². The molecule has 0 bridgehead atoms. The number of nitrogens with one attached hydrogen (secondary N) is 1. The zero-order chi connectivity index (χ0) is 21.8. The standard InChI is InChI=1S/C22H18Cl2N4OS2/c1-14-4-6-18(7-5-14)28-20(12-19-3-2-8-30-19)26-27-22(28)31-13-21(29)25-17-10-15(23)9-16(24)11-17/h2-11H,12-13H2,1H3,(H,25,29). The number of carbonyl (C=O) groups excluding carboxylic acids is 1. The number of hydrogen-bond acceptors (Lipinski definition) is 5. The fourth-order valence-corrected chi connectivity index (χ4v) is 4.98. The van der Waals surface area contributed by atoms with Crippen LogP contribution in [0.5, 0.6) is 0 Å². The van der Waals surface area contributed by atoms with Crippen LogP contribution in [-0.4, -0.2) is 26.4 Å². The Morgan fingerprint density at radius 2 is 1.84 bits per heavy atom. The van der Waals surface area contributed by atoms with E-state index in [4.69, 9.17) is 23.2 Å². The smallest absolute Gasteiger partial charge is 0.234 e. The van der Waals surface area contributed by atoms with Crippen molar-refractivity contribution in [3.8, 4) is 5.69 Å². The molecular formula is C22H18Cl2N4OS2. The van der Waals surface area contributed by atoms with Crippen LogP contribution < -0.4 is 5.32 Å². The Balaban J connectivity index is 1.53. The predicted molar refractivity (Wildman–Crippen MR) is 129 cm³/mol. The van der Waals surface area contributed by atoms with Crippen LogP contribution in [0, 0.1) is 6.92 Å². The van der Waals surface area contributed by atoms with Crippen molar-refractivity contribution >= 4 is 57.9 Å². The lowest BCUT2D eigenvalue weighted by molar-refractivity contribution is -0.113. The number of aromatic nitrogens is 3. The van der Waals surface area contributed by atoms with Gasteiger partial charge in [-0.3, -0.25) is 9.36 Å². The molecule has 1 amide bonds. The van der Waals surface area contributed by atoms with Gasteiger partial charge in [-0.1, -0.05) is 58.7 Å². The monoisotopic (exact) mass is 488 g/mol. The molecule has 1 N–H and O–H groups in total. The third-order valence-electron chi connectivity index (χ3n) is 4.38. The van der Waals surface area contributed by atoms with E-state index in [1.54, 1.807) is 29.5 Å². The molecule has 5 nitrogen and oxygen atoms in total. The first-order valence-corrected chi connectivity index (χ1v) is 12.0. The number of halogens is 2. The van der Waals surface area contributed by atoms with Crippen molar-refractivity contribution in [1.29, 1.82) is 0 Å². The summed E-state index contributed by atoms with van der Waals surface area (Å²) in [5.41, 5.74) is 2.69. The number of thiophene rings is 1. The Labute approximate surface area is 198 Å². The van der Waals surface area contributed by atoms with Crippen molar-refractivity contribution < 1.29 is 4.79 Å². The summed E-state index contributed by atoms with van der Waals surface area (Å²) in [5.74, 6) is 0.824. The molecule has 2 aromatic carbocycles. The van der Waals surface area contributed by atoms with Crippen molar-refractivity contribution in [3.05, 3.63) is 86.3 Å². The quantitative estimate of drug-likeness (QED) is 0.311. The van der Waals surface area contributed by atoms with Gasteiger partial charge in [0.2, 0.25) is 5.91 Å². The highest BCUT2D eigenvalue weighted by molar-refractivity contribution is 7.99. The average molecular weight is 489 g/mol. The number of thioether (sulfide) groups is 1. The molecule has 0 radical (unpaired) electrons. The second-order valence-corrected chi connectivity index (χ2v) is 9.67. The van der Waals surface area contributed by atoms with Crippen LogP contribution in [0.25, 0.3) is 5.69 Å². The van der Waals surface area contributed by atoms with Crippen LogP contribution in [-0.2, 0) is 11.2 Å². The van der Waals surface area contributed by atoms with Gasteiger partial charge in [0.05, 0.1) is 5.75 Å². The van der Waals surface area contributed by atoms with Gasteiger partial charge in [-0.15, -0.1) is 21.5 Å².